The predicted molar refractivity (Wildman–Crippen MR) is 79.0 cm³/mol. The van der Waals surface area contributed by atoms with Crippen LogP contribution in [0.15, 0.2) is 6.07 Å². The number of ether oxygens (including phenoxy) is 3. The molecule has 0 spiro atoms. The van der Waals surface area contributed by atoms with E-state index in [0.717, 1.165) is 0 Å². The summed E-state index contributed by atoms with van der Waals surface area (Å²) >= 11 is 0. The van der Waals surface area contributed by atoms with Crippen LogP contribution in [-0.2, 0) is 16.5 Å². The Balaban J connectivity index is 1.76. The molecule has 0 aromatic carbocycles. The number of morpholine rings is 1. The Morgan fingerprint density at radius 1 is 1.50 bits per heavy atom. The second-order valence-corrected chi connectivity index (χ2v) is 6.27. The van der Waals surface area contributed by atoms with E-state index < -0.39 is 5.60 Å². The molecule has 0 bridgehead atoms. The zero-order valence-corrected chi connectivity index (χ0v) is 13.3. The number of nitrogens with zero attached hydrogens (tertiary/aromatic N) is 3. The van der Waals surface area contributed by atoms with Crippen LogP contribution in [0.4, 0.5) is 10.6 Å². The highest BCUT2D eigenvalue weighted by Crippen LogP contribution is 2.30. The molecule has 2 atom stereocenters. The molecule has 2 fully saturated rings. The molecule has 2 aliphatic heterocycles. The van der Waals surface area contributed by atoms with E-state index in [2.05, 4.69) is 10.4 Å². The SMILES string of the molecule is COc1cc(NC(=O)N2CC(C)(C)O[C@@H]3COC[C@H]32)n(C)n1. The van der Waals surface area contributed by atoms with Crippen LogP contribution in [0.1, 0.15) is 13.8 Å². The van der Waals surface area contributed by atoms with Crippen LogP contribution in [0.3, 0.4) is 0 Å². The summed E-state index contributed by atoms with van der Waals surface area (Å²) in [6, 6.07) is 1.46. The summed E-state index contributed by atoms with van der Waals surface area (Å²) in [5.41, 5.74) is -0.393. The molecule has 2 amide bonds. The van der Waals surface area contributed by atoms with Gasteiger partial charge in [0.25, 0.3) is 0 Å². The highest BCUT2D eigenvalue weighted by Gasteiger charge is 2.46. The smallest absolute Gasteiger partial charge is 0.323 e. The van der Waals surface area contributed by atoms with E-state index in [4.69, 9.17) is 14.2 Å². The molecule has 0 radical (unpaired) electrons. The summed E-state index contributed by atoms with van der Waals surface area (Å²) in [7, 11) is 3.29. The van der Waals surface area contributed by atoms with E-state index >= 15 is 0 Å². The van der Waals surface area contributed by atoms with Crippen molar-refractivity contribution in [1.82, 2.24) is 14.7 Å². The topological polar surface area (TPSA) is 77.9 Å². The third kappa shape index (κ3) is 2.76. The Bertz CT molecular complexity index is 571. The van der Waals surface area contributed by atoms with Crippen molar-refractivity contribution in [2.75, 3.05) is 32.2 Å². The number of amides is 2. The van der Waals surface area contributed by atoms with E-state index in [1.54, 1.807) is 29.8 Å². The molecule has 1 N–H and O–H groups in total. The maximum Gasteiger partial charge on any atom is 0.323 e. The fourth-order valence-corrected chi connectivity index (χ4v) is 2.96. The first-order valence-electron chi connectivity index (χ1n) is 7.31. The van der Waals surface area contributed by atoms with Gasteiger partial charge in [-0.3, -0.25) is 5.32 Å². The van der Waals surface area contributed by atoms with Crippen molar-refractivity contribution in [2.24, 2.45) is 7.05 Å². The number of aryl methyl sites for hydroxylation is 1. The lowest BCUT2D eigenvalue weighted by Crippen LogP contribution is -2.61. The third-order valence-corrected chi connectivity index (χ3v) is 3.98. The Morgan fingerprint density at radius 3 is 2.95 bits per heavy atom. The molecule has 122 valence electrons. The van der Waals surface area contributed by atoms with Crippen LogP contribution in [0.5, 0.6) is 5.88 Å². The number of carbonyl (C=O) groups excluding carboxylic acids is 1. The lowest BCUT2D eigenvalue weighted by Gasteiger charge is -2.44. The molecule has 3 rings (SSSR count). The summed E-state index contributed by atoms with van der Waals surface area (Å²) in [5.74, 6) is 1.05. The van der Waals surface area contributed by atoms with Gasteiger partial charge in [0.15, 0.2) is 0 Å². The van der Waals surface area contributed by atoms with Gasteiger partial charge in [0.05, 0.1) is 38.5 Å². The van der Waals surface area contributed by atoms with Gasteiger partial charge in [-0.05, 0) is 13.8 Å². The van der Waals surface area contributed by atoms with Crippen molar-refractivity contribution < 1.29 is 19.0 Å². The van der Waals surface area contributed by atoms with Crippen molar-refractivity contribution in [1.29, 1.82) is 0 Å². The standard InChI is InChI=1S/C14H22N4O4/c1-14(2)8-18(9-6-21-7-10(9)22-14)13(19)15-11-5-12(20-4)16-17(11)3/h5,9-10H,6-8H2,1-4H3,(H,15,19)/t9-,10-/m1/s1. The number of hydrogen-bond donors (Lipinski definition) is 1. The Morgan fingerprint density at radius 2 is 2.27 bits per heavy atom. The quantitative estimate of drug-likeness (QED) is 0.876. The minimum absolute atomic E-state index is 0.0526. The maximum absolute atomic E-state index is 12.7. The van der Waals surface area contributed by atoms with E-state index in [1.807, 2.05) is 13.8 Å². The van der Waals surface area contributed by atoms with Gasteiger partial charge in [-0.25, -0.2) is 9.48 Å². The average molecular weight is 310 g/mol. The lowest BCUT2D eigenvalue weighted by molar-refractivity contribution is -0.135. The number of carbonyl (C=O) groups is 1. The first-order chi connectivity index (χ1) is 10.4. The number of nitrogens with one attached hydrogen (secondary N) is 1. The summed E-state index contributed by atoms with van der Waals surface area (Å²) in [6.07, 6.45) is -0.0735. The Kier molecular flexibility index (Phi) is 3.73. The van der Waals surface area contributed by atoms with E-state index in [0.29, 0.717) is 31.5 Å². The molecule has 8 nitrogen and oxygen atoms in total. The number of methoxy groups -OCH3 is 1. The highest BCUT2D eigenvalue weighted by atomic mass is 16.6. The number of urea groups is 1. The summed E-state index contributed by atoms with van der Waals surface area (Å²) in [6.45, 7) is 5.50. The summed E-state index contributed by atoms with van der Waals surface area (Å²) in [4.78, 5) is 14.5. The first kappa shape index (κ1) is 15.1. The number of anilines is 1. The van der Waals surface area contributed by atoms with Crippen molar-refractivity contribution >= 4 is 11.8 Å². The largest absolute Gasteiger partial charge is 0.480 e. The van der Waals surface area contributed by atoms with Crippen molar-refractivity contribution in [3.8, 4) is 5.88 Å². The van der Waals surface area contributed by atoms with Crippen LogP contribution in [0.2, 0.25) is 0 Å². The van der Waals surface area contributed by atoms with Gasteiger partial charge < -0.3 is 19.1 Å². The molecule has 2 aliphatic rings. The minimum atomic E-state index is -0.393. The average Bonchev–Trinajstić information content (AvgIpc) is 3.03. The Labute approximate surface area is 129 Å². The van der Waals surface area contributed by atoms with Crippen LogP contribution in [0, 0.1) is 0 Å². The fourth-order valence-electron chi connectivity index (χ4n) is 2.96. The normalized spacial score (nSPS) is 26.6. The van der Waals surface area contributed by atoms with Gasteiger partial charge in [0.2, 0.25) is 5.88 Å². The van der Waals surface area contributed by atoms with Crippen LogP contribution in [-0.4, -0.2) is 65.3 Å². The van der Waals surface area contributed by atoms with Gasteiger partial charge in [-0.15, -0.1) is 5.10 Å². The number of aromatic nitrogens is 2. The molecule has 1 aromatic rings. The molecule has 8 heteroatoms. The lowest BCUT2D eigenvalue weighted by atomic mass is 10.0. The molecule has 0 unspecified atom stereocenters. The second kappa shape index (κ2) is 5.44. The number of rotatable bonds is 2. The van der Waals surface area contributed by atoms with Crippen LogP contribution >= 0.6 is 0 Å². The molecule has 0 saturated carbocycles. The minimum Gasteiger partial charge on any atom is -0.480 e. The van der Waals surface area contributed by atoms with Gasteiger partial charge in [0, 0.05) is 13.1 Å². The molecule has 2 saturated heterocycles. The maximum atomic E-state index is 12.7. The summed E-state index contributed by atoms with van der Waals surface area (Å²) < 4.78 is 18.1. The second-order valence-electron chi connectivity index (χ2n) is 6.27. The van der Waals surface area contributed by atoms with E-state index in [-0.39, 0.29) is 18.2 Å². The van der Waals surface area contributed by atoms with Crippen LogP contribution in [0.25, 0.3) is 0 Å². The molecule has 22 heavy (non-hydrogen) atoms. The summed E-state index contributed by atoms with van der Waals surface area (Å²) in [5, 5.41) is 7.02. The van der Waals surface area contributed by atoms with Crippen molar-refractivity contribution in [2.45, 2.75) is 31.6 Å². The van der Waals surface area contributed by atoms with E-state index in [1.165, 1.54) is 0 Å². The van der Waals surface area contributed by atoms with Crippen molar-refractivity contribution in [3.63, 3.8) is 0 Å². The molecule has 0 aliphatic carbocycles. The zero-order chi connectivity index (χ0) is 15.9. The van der Waals surface area contributed by atoms with Gasteiger partial charge in [-0.2, -0.15) is 0 Å². The van der Waals surface area contributed by atoms with Gasteiger partial charge in [-0.1, -0.05) is 0 Å². The highest BCUT2D eigenvalue weighted by molar-refractivity contribution is 5.89. The number of hydrogen-bond acceptors (Lipinski definition) is 5. The molecular weight excluding hydrogens is 288 g/mol. The molecular formula is C14H22N4O4. The van der Waals surface area contributed by atoms with E-state index in [9.17, 15) is 4.79 Å². The molecule has 3 heterocycles. The zero-order valence-electron chi connectivity index (χ0n) is 13.3. The third-order valence-electron chi connectivity index (χ3n) is 3.98. The van der Waals surface area contributed by atoms with Gasteiger partial charge >= 0.3 is 6.03 Å². The van der Waals surface area contributed by atoms with Crippen molar-refractivity contribution in [3.05, 3.63) is 6.07 Å². The number of fused-ring (bicyclic) bond motifs is 1. The van der Waals surface area contributed by atoms with Gasteiger partial charge in [0.1, 0.15) is 11.9 Å². The van der Waals surface area contributed by atoms with Crippen LogP contribution < -0.4 is 10.1 Å². The monoisotopic (exact) mass is 310 g/mol. The fraction of sp³-hybridized carbons (Fsp3) is 0.714. The predicted octanol–water partition coefficient (Wildman–Crippen LogP) is 0.839. The first-order valence-corrected chi connectivity index (χ1v) is 7.31. The molecule has 1 aromatic heterocycles. The Hall–Kier alpha value is -1.80.